The summed E-state index contributed by atoms with van der Waals surface area (Å²) >= 11 is 0. The van der Waals surface area contributed by atoms with Crippen LogP contribution in [0.1, 0.15) is 59.9 Å². The Balaban J connectivity index is 1.99. The number of hydrogen-bond acceptors (Lipinski definition) is 2. The number of aliphatic imine (C=N–C) groups is 1. The van der Waals surface area contributed by atoms with Gasteiger partial charge in [-0.1, -0.05) is 27.7 Å². The van der Waals surface area contributed by atoms with E-state index in [2.05, 4.69) is 60.6 Å². The van der Waals surface area contributed by atoms with Crippen molar-refractivity contribution in [3.8, 4) is 0 Å². The van der Waals surface area contributed by atoms with Gasteiger partial charge in [0.25, 0.3) is 0 Å². The van der Waals surface area contributed by atoms with Gasteiger partial charge in [-0.05, 0) is 37.5 Å². The van der Waals surface area contributed by atoms with Crippen LogP contribution in [0.2, 0.25) is 0 Å². The number of imidazole rings is 1. The van der Waals surface area contributed by atoms with E-state index in [1.807, 2.05) is 12.5 Å². The minimum Gasteiger partial charge on any atom is -0.357 e. The molecule has 1 aliphatic rings. The predicted octanol–water partition coefficient (Wildman–Crippen LogP) is 3.56. The van der Waals surface area contributed by atoms with Gasteiger partial charge in [-0.2, -0.15) is 0 Å². The van der Waals surface area contributed by atoms with Crippen LogP contribution in [0.4, 0.5) is 0 Å². The number of guanidine groups is 1. The molecule has 1 aromatic rings. The number of piperidine rings is 1. The van der Waals surface area contributed by atoms with Gasteiger partial charge >= 0.3 is 0 Å². The maximum Gasteiger partial charge on any atom is 0.193 e. The second kappa shape index (κ2) is 8.54. The summed E-state index contributed by atoms with van der Waals surface area (Å²) in [7, 11) is 0. The first kappa shape index (κ1) is 18.8. The first-order chi connectivity index (χ1) is 11.4. The van der Waals surface area contributed by atoms with Crippen LogP contribution in [0, 0.1) is 11.3 Å². The van der Waals surface area contributed by atoms with Gasteiger partial charge in [0.15, 0.2) is 5.96 Å². The molecule has 2 unspecified atom stereocenters. The fourth-order valence-electron chi connectivity index (χ4n) is 3.32. The molecule has 2 rings (SSSR count). The summed E-state index contributed by atoms with van der Waals surface area (Å²) in [6.45, 7) is 15.3. The number of likely N-dealkylation sites (tertiary alicyclic amines) is 1. The number of hydrogen-bond donors (Lipinski definition) is 1. The topological polar surface area (TPSA) is 45.5 Å². The largest absolute Gasteiger partial charge is 0.357 e. The van der Waals surface area contributed by atoms with E-state index in [1.165, 1.54) is 12.8 Å². The van der Waals surface area contributed by atoms with Crippen molar-refractivity contribution < 1.29 is 0 Å². The second-order valence-electron chi connectivity index (χ2n) is 8.19. The van der Waals surface area contributed by atoms with Crippen LogP contribution in [0.15, 0.2) is 23.7 Å². The highest BCUT2D eigenvalue weighted by Gasteiger charge is 2.28. The summed E-state index contributed by atoms with van der Waals surface area (Å²) in [4.78, 5) is 11.5. The highest BCUT2D eigenvalue weighted by Crippen LogP contribution is 2.27. The lowest BCUT2D eigenvalue weighted by molar-refractivity contribution is 0.189. The van der Waals surface area contributed by atoms with Gasteiger partial charge in [-0.25, -0.2) is 4.98 Å². The summed E-state index contributed by atoms with van der Waals surface area (Å²) in [5, 5.41) is 3.48. The van der Waals surface area contributed by atoms with E-state index in [0.29, 0.717) is 17.4 Å². The summed E-state index contributed by atoms with van der Waals surface area (Å²) in [6, 6.07) is 0.472. The fraction of sp³-hybridized carbons (Fsp3) is 0.789. The Kier molecular flexibility index (Phi) is 6.69. The molecule has 1 fully saturated rings. The molecule has 1 aliphatic heterocycles. The lowest BCUT2D eigenvalue weighted by atomic mass is 9.91. The molecule has 0 saturated carbocycles. The molecule has 0 spiro atoms. The van der Waals surface area contributed by atoms with Crippen molar-refractivity contribution in [3.63, 3.8) is 0 Å². The van der Waals surface area contributed by atoms with Crippen molar-refractivity contribution >= 4 is 5.96 Å². The Hall–Kier alpha value is -1.52. The van der Waals surface area contributed by atoms with Crippen LogP contribution in [-0.4, -0.2) is 46.6 Å². The number of nitrogens with zero attached hydrogens (tertiary/aromatic N) is 4. The second-order valence-corrected chi connectivity index (χ2v) is 8.19. The Morgan fingerprint density at radius 3 is 2.79 bits per heavy atom. The first-order valence-corrected chi connectivity index (χ1v) is 9.41. The molecule has 0 aromatic carbocycles. The molecule has 1 aromatic heterocycles. The molecule has 1 N–H and O–H groups in total. The van der Waals surface area contributed by atoms with Crippen molar-refractivity contribution in [2.24, 2.45) is 16.3 Å². The van der Waals surface area contributed by atoms with Gasteiger partial charge in [-0.15, -0.1) is 0 Å². The van der Waals surface area contributed by atoms with Crippen molar-refractivity contribution in [2.75, 3.05) is 26.2 Å². The van der Waals surface area contributed by atoms with Crippen molar-refractivity contribution in [2.45, 2.75) is 59.9 Å². The third-order valence-electron chi connectivity index (χ3n) is 4.81. The van der Waals surface area contributed by atoms with E-state index in [-0.39, 0.29) is 0 Å². The molecular formula is C19H35N5. The number of nitrogens with one attached hydrogen (secondary N) is 1. The zero-order valence-electron chi connectivity index (χ0n) is 16.1. The van der Waals surface area contributed by atoms with Gasteiger partial charge in [0.05, 0.1) is 12.4 Å². The molecule has 1 saturated heterocycles. The average molecular weight is 334 g/mol. The molecule has 2 heterocycles. The average Bonchev–Trinajstić information content (AvgIpc) is 3.04. The molecule has 0 amide bonds. The van der Waals surface area contributed by atoms with E-state index in [9.17, 15) is 0 Å². The molecule has 0 radical (unpaired) electrons. The Labute approximate surface area is 147 Å². The zero-order valence-corrected chi connectivity index (χ0v) is 16.1. The lowest BCUT2D eigenvalue weighted by Crippen LogP contribution is -2.49. The molecular weight excluding hydrogens is 298 g/mol. The highest BCUT2D eigenvalue weighted by molar-refractivity contribution is 5.80. The summed E-state index contributed by atoms with van der Waals surface area (Å²) in [6.07, 6.45) is 9.45. The summed E-state index contributed by atoms with van der Waals surface area (Å²) in [5.74, 6) is 1.74. The fourth-order valence-corrected chi connectivity index (χ4v) is 3.32. The van der Waals surface area contributed by atoms with Gasteiger partial charge in [-0.3, -0.25) is 4.99 Å². The monoisotopic (exact) mass is 333 g/mol. The Morgan fingerprint density at radius 2 is 2.17 bits per heavy atom. The van der Waals surface area contributed by atoms with Crippen LogP contribution < -0.4 is 5.32 Å². The zero-order chi connectivity index (χ0) is 17.6. The molecule has 5 heteroatoms. The maximum atomic E-state index is 4.89. The standard InChI is InChI=1S/C19H35N5/c1-6-21-18(22-10-7-9-19(3,4)5)23-12-8-16(2)17(14-23)24-13-11-20-15-24/h11,13,15-17H,6-10,12,14H2,1-5H3,(H,21,22). The third-order valence-corrected chi connectivity index (χ3v) is 4.81. The normalized spacial score (nSPS) is 22.7. The van der Waals surface area contributed by atoms with Crippen LogP contribution in [0.3, 0.4) is 0 Å². The quantitative estimate of drug-likeness (QED) is 0.509. The van der Waals surface area contributed by atoms with Gasteiger partial charge in [0.2, 0.25) is 0 Å². The summed E-state index contributed by atoms with van der Waals surface area (Å²) in [5.41, 5.74) is 0.390. The van der Waals surface area contributed by atoms with Crippen molar-refractivity contribution in [1.29, 1.82) is 0 Å². The predicted molar refractivity (Wildman–Crippen MR) is 101 cm³/mol. The number of rotatable bonds is 5. The number of aromatic nitrogens is 2. The molecule has 0 aliphatic carbocycles. The maximum absolute atomic E-state index is 4.89. The molecule has 5 nitrogen and oxygen atoms in total. The first-order valence-electron chi connectivity index (χ1n) is 9.41. The van der Waals surface area contributed by atoms with Crippen LogP contribution in [0.5, 0.6) is 0 Å². The smallest absolute Gasteiger partial charge is 0.193 e. The summed E-state index contributed by atoms with van der Waals surface area (Å²) < 4.78 is 2.25. The highest BCUT2D eigenvalue weighted by atomic mass is 15.3. The van der Waals surface area contributed by atoms with Gasteiger partial charge in [0.1, 0.15) is 0 Å². The van der Waals surface area contributed by atoms with E-state index < -0.39 is 0 Å². The van der Waals surface area contributed by atoms with E-state index in [0.717, 1.165) is 38.6 Å². The third kappa shape index (κ3) is 5.53. The minimum absolute atomic E-state index is 0.390. The van der Waals surface area contributed by atoms with Gasteiger partial charge in [0, 0.05) is 38.6 Å². The van der Waals surface area contributed by atoms with Crippen molar-refractivity contribution in [3.05, 3.63) is 18.7 Å². The molecule has 0 bridgehead atoms. The Morgan fingerprint density at radius 1 is 1.38 bits per heavy atom. The van der Waals surface area contributed by atoms with Gasteiger partial charge < -0.3 is 14.8 Å². The molecule has 2 atom stereocenters. The van der Waals surface area contributed by atoms with E-state index in [1.54, 1.807) is 0 Å². The van der Waals surface area contributed by atoms with E-state index in [4.69, 9.17) is 4.99 Å². The van der Waals surface area contributed by atoms with Crippen LogP contribution >= 0.6 is 0 Å². The Bertz CT molecular complexity index is 500. The molecule has 136 valence electrons. The molecule has 24 heavy (non-hydrogen) atoms. The van der Waals surface area contributed by atoms with E-state index >= 15 is 0 Å². The van der Waals surface area contributed by atoms with Crippen LogP contribution in [0.25, 0.3) is 0 Å². The van der Waals surface area contributed by atoms with Crippen LogP contribution in [-0.2, 0) is 0 Å². The minimum atomic E-state index is 0.390. The van der Waals surface area contributed by atoms with Crippen molar-refractivity contribution in [1.82, 2.24) is 19.8 Å². The SMILES string of the molecule is CCNC(=NCCCC(C)(C)C)N1CCC(C)C(n2ccnc2)C1. The lowest BCUT2D eigenvalue weighted by Gasteiger charge is -2.39.